The van der Waals surface area contributed by atoms with E-state index in [9.17, 15) is 4.79 Å². The third kappa shape index (κ3) is 3.62. The molecule has 0 radical (unpaired) electrons. The minimum Gasteiger partial charge on any atom is -0.450 e. The van der Waals surface area contributed by atoms with Crippen molar-refractivity contribution in [3.63, 3.8) is 0 Å². The van der Waals surface area contributed by atoms with Crippen molar-refractivity contribution in [2.45, 2.75) is 70.4 Å². The smallest absolute Gasteiger partial charge is 0.409 e. The first-order chi connectivity index (χ1) is 12.6. The molecule has 4 rings (SSSR count). The topological polar surface area (TPSA) is 36.0 Å². The Labute approximate surface area is 159 Å². The van der Waals surface area contributed by atoms with E-state index in [1.807, 2.05) is 11.8 Å². The predicted octanol–water partition coefficient (Wildman–Crippen LogP) is 3.19. The standard InChI is InChI=1S/C21H37N3O2/c1-3-26-20(25)24-13-9-21(16-24)14-18(15-21)23-11-7-17(8-12-23)19-6-4-5-10-22(19)2/h17-19H,3-16H2,1-2H3. The van der Waals surface area contributed by atoms with Crippen molar-refractivity contribution in [2.75, 3.05) is 46.4 Å². The van der Waals surface area contributed by atoms with Crippen LogP contribution in [0.25, 0.3) is 0 Å². The second-order valence-corrected chi connectivity index (χ2v) is 9.35. The number of rotatable bonds is 3. The van der Waals surface area contributed by atoms with Crippen LogP contribution >= 0.6 is 0 Å². The minimum absolute atomic E-state index is 0.106. The Morgan fingerprint density at radius 1 is 1.08 bits per heavy atom. The quantitative estimate of drug-likeness (QED) is 0.771. The van der Waals surface area contributed by atoms with E-state index in [4.69, 9.17) is 4.74 Å². The van der Waals surface area contributed by atoms with E-state index in [1.54, 1.807) is 0 Å². The molecule has 0 N–H and O–H groups in total. The molecule has 0 aromatic rings. The first-order valence-electron chi connectivity index (χ1n) is 11.0. The lowest BCUT2D eigenvalue weighted by Crippen LogP contribution is -2.55. The maximum Gasteiger partial charge on any atom is 0.409 e. The lowest BCUT2D eigenvalue weighted by atomic mass is 9.64. The van der Waals surface area contributed by atoms with E-state index >= 15 is 0 Å². The third-order valence-corrected chi connectivity index (χ3v) is 7.76. The number of likely N-dealkylation sites (tertiary alicyclic amines) is 3. The summed E-state index contributed by atoms with van der Waals surface area (Å²) in [6.45, 7) is 8.06. The molecule has 0 aromatic heterocycles. The molecule has 5 nitrogen and oxygen atoms in total. The van der Waals surface area contributed by atoms with Crippen molar-refractivity contribution in [2.24, 2.45) is 11.3 Å². The Balaban J connectivity index is 1.22. The molecule has 1 amide bonds. The van der Waals surface area contributed by atoms with Gasteiger partial charge in [0.15, 0.2) is 0 Å². The summed E-state index contributed by atoms with van der Waals surface area (Å²) in [5, 5.41) is 0. The van der Waals surface area contributed by atoms with E-state index in [0.717, 1.165) is 31.1 Å². The summed E-state index contributed by atoms with van der Waals surface area (Å²) >= 11 is 0. The summed E-state index contributed by atoms with van der Waals surface area (Å²) in [4.78, 5) is 19.3. The van der Waals surface area contributed by atoms with Crippen LogP contribution < -0.4 is 0 Å². The average Bonchev–Trinajstić information content (AvgIpc) is 3.07. The number of hydrogen-bond donors (Lipinski definition) is 0. The molecule has 4 fully saturated rings. The third-order valence-electron chi connectivity index (χ3n) is 7.76. The van der Waals surface area contributed by atoms with Gasteiger partial charge in [-0.05, 0) is 89.9 Å². The summed E-state index contributed by atoms with van der Waals surface area (Å²) < 4.78 is 5.18. The van der Waals surface area contributed by atoms with Gasteiger partial charge in [0, 0.05) is 25.2 Å². The van der Waals surface area contributed by atoms with Gasteiger partial charge in [-0.1, -0.05) is 6.42 Å². The van der Waals surface area contributed by atoms with E-state index < -0.39 is 0 Å². The molecule has 5 heteroatoms. The fraction of sp³-hybridized carbons (Fsp3) is 0.952. The van der Waals surface area contributed by atoms with E-state index in [0.29, 0.717) is 12.0 Å². The lowest BCUT2D eigenvalue weighted by Gasteiger charge is -2.52. The van der Waals surface area contributed by atoms with Crippen LogP contribution in [-0.4, -0.2) is 79.3 Å². The Morgan fingerprint density at radius 3 is 2.54 bits per heavy atom. The number of piperidine rings is 2. The van der Waals surface area contributed by atoms with Crippen LogP contribution in [0.4, 0.5) is 4.79 Å². The maximum atomic E-state index is 12.0. The van der Waals surface area contributed by atoms with Crippen LogP contribution in [0.2, 0.25) is 0 Å². The first kappa shape index (κ1) is 18.5. The summed E-state index contributed by atoms with van der Waals surface area (Å²) in [7, 11) is 2.33. The highest BCUT2D eigenvalue weighted by atomic mass is 16.6. The second-order valence-electron chi connectivity index (χ2n) is 9.35. The van der Waals surface area contributed by atoms with Gasteiger partial charge in [-0.2, -0.15) is 0 Å². The van der Waals surface area contributed by atoms with E-state index in [2.05, 4.69) is 16.8 Å². The van der Waals surface area contributed by atoms with E-state index in [-0.39, 0.29) is 6.09 Å². The zero-order valence-electron chi connectivity index (χ0n) is 16.8. The van der Waals surface area contributed by atoms with Crippen LogP contribution in [0, 0.1) is 11.3 Å². The van der Waals surface area contributed by atoms with Crippen molar-refractivity contribution in [1.29, 1.82) is 0 Å². The number of amides is 1. The van der Waals surface area contributed by atoms with Crippen LogP contribution in [0.1, 0.15) is 58.3 Å². The first-order valence-corrected chi connectivity index (χ1v) is 11.0. The van der Waals surface area contributed by atoms with Crippen molar-refractivity contribution < 1.29 is 9.53 Å². The molecule has 0 aromatic carbocycles. The van der Waals surface area contributed by atoms with Gasteiger partial charge in [-0.25, -0.2) is 4.79 Å². The zero-order chi connectivity index (χ0) is 18.1. The fourth-order valence-corrected chi connectivity index (χ4v) is 6.20. The molecule has 3 aliphatic heterocycles. The summed E-state index contributed by atoms with van der Waals surface area (Å²) in [5.74, 6) is 0.913. The maximum absolute atomic E-state index is 12.0. The molecule has 1 unspecified atom stereocenters. The van der Waals surface area contributed by atoms with Crippen molar-refractivity contribution in [1.82, 2.24) is 14.7 Å². The Hall–Kier alpha value is -0.810. The predicted molar refractivity (Wildman–Crippen MR) is 103 cm³/mol. The lowest BCUT2D eigenvalue weighted by molar-refractivity contribution is -0.0194. The SMILES string of the molecule is CCOC(=O)N1CCC2(CC(N3CCC(C4CCCCN4C)CC3)C2)C1. The number of carbonyl (C=O) groups is 1. The molecule has 0 bridgehead atoms. The molecular formula is C21H37N3O2. The highest BCUT2D eigenvalue weighted by Crippen LogP contribution is 2.50. The Bertz CT molecular complexity index is 497. The highest BCUT2D eigenvalue weighted by Gasteiger charge is 2.51. The molecular weight excluding hydrogens is 326 g/mol. The molecule has 1 spiro atoms. The summed E-state index contributed by atoms with van der Waals surface area (Å²) in [6.07, 6.45) is 10.6. The molecule has 1 saturated carbocycles. The van der Waals surface area contributed by atoms with Gasteiger partial charge >= 0.3 is 6.09 Å². The van der Waals surface area contributed by atoms with Crippen LogP contribution in [0.3, 0.4) is 0 Å². The molecule has 3 saturated heterocycles. The average molecular weight is 364 g/mol. The molecule has 1 atom stereocenters. The van der Waals surface area contributed by atoms with Crippen molar-refractivity contribution in [3.05, 3.63) is 0 Å². The molecule has 1 aliphatic carbocycles. The van der Waals surface area contributed by atoms with Gasteiger partial charge in [0.1, 0.15) is 0 Å². The van der Waals surface area contributed by atoms with Gasteiger partial charge in [-0.15, -0.1) is 0 Å². The van der Waals surface area contributed by atoms with Gasteiger partial charge in [0.05, 0.1) is 6.61 Å². The van der Waals surface area contributed by atoms with Gasteiger partial charge in [0.2, 0.25) is 0 Å². The largest absolute Gasteiger partial charge is 0.450 e. The van der Waals surface area contributed by atoms with E-state index in [1.165, 1.54) is 71.0 Å². The number of carbonyl (C=O) groups excluding carboxylic acids is 1. The van der Waals surface area contributed by atoms with Crippen molar-refractivity contribution >= 4 is 6.09 Å². The minimum atomic E-state index is -0.106. The van der Waals surface area contributed by atoms with Gasteiger partial charge in [-0.3, -0.25) is 0 Å². The molecule has 4 aliphatic rings. The van der Waals surface area contributed by atoms with Crippen LogP contribution in [0.15, 0.2) is 0 Å². The number of ether oxygens (including phenoxy) is 1. The number of hydrogen-bond acceptors (Lipinski definition) is 4. The normalized spacial score (nSPS) is 37.1. The highest BCUT2D eigenvalue weighted by molar-refractivity contribution is 5.68. The summed E-state index contributed by atoms with van der Waals surface area (Å²) in [5.41, 5.74) is 0.401. The Morgan fingerprint density at radius 2 is 1.85 bits per heavy atom. The molecule has 3 heterocycles. The Kier molecular flexibility index (Phi) is 5.47. The second kappa shape index (κ2) is 7.67. The van der Waals surface area contributed by atoms with Crippen LogP contribution in [-0.2, 0) is 4.74 Å². The zero-order valence-corrected chi connectivity index (χ0v) is 16.8. The fourth-order valence-electron chi connectivity index (χ4n) is 6.20. The van der Waals surface area contributed by atoms with Gasteiger partial charge in [0.25, 0.3) is 0 Å². The van der Waals surface area contributed by atoms with Gasteiger partial charge < -0.3 is 19.4 Å². The summed E-state index contributed by atoms with van der Waals surface area (Å²) in [6, 6.07) is 1.61. The monoisotopic (exact) mass is 363 g/mol. The molecule has 148 valence electrons. The van der Waals surface area contributed by atoms with Crippen molar-refractivity contribution in [3.8, 4) is 0 Å². The van der Waals surface area contributed by atoms with Crippen LogP contribution in [0.5, 0.6) is 0 Å². The molecule has 26 heavy (non-hydrogen) atoms. The number of nitrogens with zero attached hydrogens (tertiary/aromatic N) is 3.